The molecule has 0 fully saturated rings. The maximum absolute atomic E-state index is 13.1. The Kier molecular flexibility index (Phi) is 8.08. The first kappa shape index (κ1) is 24.0. The highest BCUT2D eigenvalue weighted by Gasteiger charge is 2.19. The minimum atomic E-state index is -0.477. The lowest BCUT2D eigenvalue weighted by atomic mass is 10.1. The van der Waals surface area contributed by atoms with Crippen LogP contribution in [0.25, 0.3) is 10.2 Å². The number of nitrogens with zero attached hydrogens (tertiary/aromatic N) is 2. The number of terminal acetylenes is 1. The van der Waals surface area contributed by atoms with Gasteiger partial charge >= 0.3 is 0 Å². The third kappa shape index (κ3) is 4.88. The molecule has 0 N–H and O–H groups in total. The van der Waals surface area contributed by atoms with E-state index in [1.165, 1.54) is 11.3 Å². The second-order valence-electron chi connectivity index (χ2n) is 6.40. The molecule has 2 aromatic carbocycles. The minimum absolute atomic E-state index is 0.184. The van der Waals surface area contributed by atoms with Gasteiger partial charge in [-0.05, 0) is 45.0 Å². The largest absolute Gasteiger partial charge is 0.490 e. The number of carbonyl (C=O) groups excluding carboxylic acids is 1. The van der Waals surface area contributed by atoms with Crippen molar-refractivity contribution in [2.24, 2.45) is 4.99 Å². The van der Waals surface area contributed by atoms with Crippen molar-refractivity contribution < 1.29 is 19.0 Å². The molecule has 1 amide bonds. The zero-order valence-electron chi connectivity index (χ0n) is 17.9. The molecule has 1 heterocycles. The summed E-state index contributed by atoms with van der Waals surface area (Å²) in [6, 6.07) is 6.72. The van der Waals surface area contributed by atoms with Crippen LogP contribution in [0.15, 0.2) is 29.3 Å². The van der Waals surface area contributed by atoms with Crippen molar-refractivity contribution in [1.82, 2.24) is 4.57 Å². The fourth-order valence-corrected chi connectivity index (χ4v) is 4.60. The lowest BCUT2D eigenvalue weighted by Gasteiger charge is -2.16. The predicted octanol–water partition coefficient (Wildman–Crippen LogP) is 5.58. The number of hydrogen-bond acceptors (Lipinski definition) is 5. The van der Waals surface area contributed by atoms with E-state index in [1.54, 1.807) is 22.8 Å². The maximum atomic E-state index is 13.1. The zero-order valence-corrected chi connectivity index (χ0v) is 20.2. The van der Waals surface area contributed by atoms with E-state index in [1.807, 2.05) is 26.8 Å². The number of amides is 1. The Hall–Kier alpha value is -2.66. The number of thiazole rings is 1. The van der Waals surface area contributed by atoms with Gasteiger partial charge in [0, 0.05) is 5.56 Å². The Morgan fingerprint density at radius 3 is 2.28 bits per heavy atom. The second kappa shape index (κ2) is 10.8. The van der Waals surface area contributed by atoms with Crippen LogP contribution >= 0.6 is 34.5 Å². The number of carbonyl (C=O) groups is 1. The first-order valence-electron chi connectivity index (χ1n) is 10.0. The van der Waals surface area contributed by atoms with Crippen molar-refractivity contribution >= 4 is 50.7 Å². The zero-order chi connectivity index (χ0) is 23.3. The number of halogens is 2. The molecule has 0 atom stereocenters. The van der Waals surface area contributed by atoms with Gasteiger partial charge in [-0.3, -0.25) is 4.79 Å². The molecule has 0 radical (unpaired) electrons. The highest BCUT2D eigenvalue weighted by atomic mass is 35.5. The lowest BCUT2D eigenvalue weighted by Crippen LogP contribution is -2.17. The summed E-state index contributed by atoms with van der Waals surface area (Å²) in [4.78, 5) is 17.9. The highest BCUT2D eigenvalue weighted by Crippen LogP contribution is 2.39. The molecular formula is C23H22Cl2N2O4S. The van der Waals surface area contributed by atoms with Crippen molar-refractivity contribution in [2.45, 2.75) is 27.3 Å². The third-order valence-electron chi connectivity index (χ3n) is 4.34. The summed E-state index contributed by atoms with van der Waals surface area (Å²) in [6.45, 7) is 6.98. The summed E-state index contributed by atoms with van der Waals surface area (Å²) in [6.07, 6.45) is 5.55. The summed E-state index contributed by atoms with van der Waals surface area (Å²) in [5.74, 6) is 3.39. The first-order chi connectivity index (χ1) is 15.4. The third-order valence-corrected chi connectivity index (χ3v) is 6.17. The van der Waals surface area contributed by atoms with Gasteiger partial charge in [-0.1, -0.05) is 40.5 Å². The molecule has 32 heavy (non-hydrogen) atoms. The molecule has 9 heteroatoms. The molecule has 0 aliphatic carbocycles. The first-order valence-corrected chi connectivity index (χ1v) is 11.6. The van der Waals surface area contributed by atoms with Crippen molar-refractivity contribution in [2.75, 3.05) is 19.8 Å². The van der Waals surface area contributed by atoms with Gasteiger partial charge in [0.15, 0.2) is 16.3 Å². The van der Waals surface area contributed by atoms with Crippen LogP contribution < -0.4 is 19.0 Å². The van der Waals surface area contributed by atoms with E-state index < -0.39 is 5.91 Å². The van der Waals surface area contributed by atoms with Gasteiger partial charge in [-0.15, -0.1) is 6.42 Å². The van der Waals surface area contributed by atoms with Crippen LogP contribution in [0.1, 0.15) is 31.1 Å². The number of hydrogen-bond donors (Lipinski definition) is 0. The van der Waals surface area contributed by atoms with E-state index >= 15 is 0 Å². The van der Waals surface area contributed by atoms with E-state index in [-0.39, 0.29) is 6.54 Å². The van der Waals surface area contributed by atoms with Gasteiger partial charge in [0.05, 0.1) is 46.6 Å². The molecule has 3 rings (SSSR count). The van der Waals surface area contributed by atoms with Gasteiger partial charge in [0.2, 0.25) is 5.75 Å². The number of rotatable bonds is 8. The van der Waals surface area contributed by atoms with E-state index in [2.05, 4.69) is 10.9 Å². The minimum Gasteiger partial charge on any atom is -0.490 e. The van der Waals surface area contributed by atoms with Crippen LogP contribution in [0, 0.1) is 12.3 Å². The SMILES string of the molecule is C#CCn1c(=NC(=O)c2cc(OCC)c(OCC)c(OCC)c2)sc2ccc(Cl)c(Cl)c21. The monoisotopic (exact) mass is 492 g/mol. The molecule has 0 saturated heterocycles. The molecule has 0 saturated carbocycles. The standard InChI is InChI=1S/C23H22Cl2N2O4S/c1-5-11-27-20-18(10-9-15(24)19(20)25)32-23(27)26-22(28)14-12-16(29-6-2)21(31-8-4)17(13-14)30-7-3/h1,9-10,12-13H,6-8,11H2,2-4H3. The van der Waals surface area contributed by atoms with Gasteiger partial charge < -0.3 is 18.8 Å². The van der Waals surface area contributed by atoms with Crippen LogP contribution in [0.5, 0.6) is 17.2 Å². The Bertz CT molecular complexity index is 1230. The maximum Gasteiger partial charge on any atom is 0.279 e. The van der Waals surface area contributed by atoms with Crippen LogP contribution in [0.2, 0.25) is 10.0 Å². The average molecular weight is 493 g/mol. The van der Waals surface area contributed by atoms with E-state index in [4.69, 9.17) is 43.8 Å². The molecule has 0 unspecified atom stereocenters. The van der Waals surface area contributed by atoms with Crippen LogP contribution in [-0.2, 0) is 6.54 Å². The molecule has 1 aromatic heterocycles. The molecule has 0 spiro atoms. The summed E-state index contributed by atoms with van der Waals surface area (Å²) in [5, 5.41) is 0.762. The molecule has 0 aliphatic heterocycles. The van der Waals surface area contributed by atoms with Crippen molar-refractivity contribution in [3.05, 3.63) is 44.7 Å². The van der Waals surface area contributed by atoms with Crippen molar-refractivity contribution in [3.63, 3.8) is 0 Å². The Morgan fingerprint density at radius 2 is 1.72 bits per heavy atom. The molecule has 6 nitrogen and oxygen atoms in total. The second-order valence-corrected chi connectivity index (χ2v) is 8.19. The smallest absolute Gasteiger partial charge is 0.279 e. The summed E-state index contributed by atoms with van der Waals surface area (Å²) in [7, 11) is 0. The predicted molar refractivity (Wildman–Crippen MR) is 129 cm³/mol. The molecule has 0 bridgehead atoms. The fraction of sp³-hybridized carbons (Fsp3) is 0.304. The van der Waals surface area contributed by atoms with Crippen LogP contribution in [0.3, 0.4) is 0 Å². The van der Waals surface area contributed by atoms with Crippen molar-refractivity contribution in [1.29, 1.82) is 0 Å². The number of aromatic nitrogens is 1. The van der Waals surface area contributed by atoms with E-state index in [0.717, 1.165) is 4.70 Å². The number of fused-ring (bicyclic) bond motifs is 1. The van der Waals surface area contributed by atoms with Gasteiger partial charge in [0.1, 0.15) is 0 Å². The topological polar surface area (TPSA) is 62.1 Å². The normalized spacial score (nSPS) is 11.4. The molecular weight excluding hydrogens is 471 g/mol. The molecule has 168 valence electrons. The van der Waals surface area contributed by atoms with Gasteiger partial charge in [0.25, 0.3) is 5.91 Å². The quantitative estimate of drug-likeness (QED) is 0.385. The van der Waals surface area contributed by atoms with Gasteiger partial charge in [-0.2, -0.15) is 4.99 Å². The summed E-state index contributed by atoms with van der Waals surface area (Å²) in [5.41, 5.74) is 0.944. The fourth-order valence-electron chi connectivity index (χ4n) is 3.09. The summed E-state index contributed by atoms with van der Waals surface area (Å²) >= 11 is 13.9. The Balaban J connectivity index is 2.17. The number of ether oxygens (including phenoxy) is 3. The molecule has 0 aliphatic rings. The molecule has 3 aromatic rings. The van der Waals surface area contributed by atoms with E-state index in [0.29, 0.717) is 63.0 Å². The number of benzene rings is 2. The van der Waals surface area contributed by atoms with E-state index in [9.17, 15) is 4.79 Å². The average Bonchev–Trinajstić information content (AvgIpc) is 3.11. The Morgan fingerprint density at radius 1 is 1.09 bits per heavy atom. The van der Waals surface area contributed by atoms with Gasteiger partial charge in [-0.25, -0.2) is 0 Å². The van der Waals surface area contributed by atoms with Crippen LogP contribution in [-0.4, -0.2) is 30.3 Å². The Labute approximate surface area is 200 Å². The summed E-state index contributed by atoms with van der Waals surface area (Å²) < 4.78 is 19.6. The van der Waals surface area contributed by atoms with Crippen LogP contribution in [0.4, 0.5) is 0 Å². The lowest BCUT2D eigenvalue weighted by molar-refractivity contribution is 0.0996. The highest BCUT2D eigenvalue weighted by molar-refractivity contribution is 7.16. The van der Waals surface area contributed by atoms with Crippen molar-refractivity contribution in [3.8, 4) is 29.6 Å².